The largest absolute Gasteiger partial charge is 0.442 e. The van der Waals surface area contributed by atoms with Crippen LogP contribution in [0.25, 0.3) is 11.1 Å². The van der Waals surface area contributed by atoms with Crippen LogP contribution >= 0.6 is 12.4 Å². The number of methoxy groups -OCH3 is 1. The second-order valence-electron chi connectivity index (χ2n) is 6.74. The highest BCUT2D eigenvalue weighted by molar-refractivity contribution is 6.06. The quantitative estimate of drug-likeness (QED) is 0.798. The number of aromatic nitrogens is 2. The third-order valence-corrected chi connectivity index (χ3v) is 4.91. The van der Waals surface area contributed by atoms with E-state index >= 15 is 0 Å². The van der Waals surface area contributed by atoms with Crippen LogP contribution < -0.4 is 16.2 Å². The Bertz CT molecular complexity index is 834. The molecule has 2 N–H and O–H groups in total. The van der Waals surface area contributed by atoms with Gasteiger partial charge in [-0.15, -0.1) is 12.4 Å². The molecule has 144 valence electrons. The Kier molecular flexibility index (Phi) is 6.44. The Morgan fingerprint density at radius 2 is 2.15 bits per heavy atom. The number of furan rings is 1. The molecule has 1 amide bonds. The van der Waals surface area contributed by atoms with Gasteiger partial charge in [0, 0.05) is 26.1 Å². The van der Waals surface area contributed by atoms with E-state index < -0.39 is 0 Å². The zero-order chi connectivity index (χ0) is 18.0. The minimum Gasteiger partial charge on any atom is -0.442 e. The maximum Gasteiger partial charge on any atom is 0.265 e. The molecule has 0 atom stereocenters. The van der Waals surface area contributed by atoms with Gasteiger partial charge in [-0.25, -0.2) is 4.98 Å². The number of hydrogen-bond donors (Lipinski definition) is 2. The molecule has 3 rings (SSSR count). The summed E-state index contributed by atoms with van der Waals surface area (Å²) >= 11 is 0. The fourth-order valence-corrected chi connectivity index (χ4v) is 3.45. The first-order valence-electron chi connectivity index (χ1n) is 8.40. The molecule has 0 bridgehead atoms. The number of ether oxygens (including phenoxy) is 1. The van der Waals surface area contributed by atoms with Crippen LogP contribution in [0.4, 0.5) is 0 Å². The van der Waals surface area contributed by atoms with Crippen LogP contribution in [0.2, 0.25) is 0 Å². The predicted octanol–water partition coefficient (Wildman–Crippen LogP) is 1.00. The normalized spacial score (nSPS) is 16.3. The minimum atomic E-state index is -0.310. The SMILES string of the molecule is COCC1(CNC(=O)c2c(C)oc3ncn(C)c(=O)c23)CCNCC1.Cl. The number of nitrogens with zero attached hydrogens (tertiary/aromatic N) is 2. The standard InChI is InChI=1S/C17H24N4O4.ClH/c1-11-12(13-15(25-11)20-10-21(2)16(13)23)14(22)19-8-17(9-24-3)4-6-18-7-5-17;/h10,18H,4-9H2,1-3H3,(H,19,22);1H. The van der Waals surface area contributed by atoms with Gasteiger partial charge in [0.1, 0.15) is 17.5 Å². The van der Waals surface area contributed by atoms with E-state index in [0.29, 0.717) is 18.9 Å². The lowest BCUT2D eigenvalue weighted by molar-refractivity contribution is 0.0511. The van der Waals surface area contributed by atoms with Crippen molar-refractivity contribution in [1.29, 1.82) is 0 Å². The fourth-order valence-electron chi connectivity index (χ4n) is 3.45. The predicted molar refractivity (Wildman–Crippen MR) is 100.0 cm³/mol. The van der Waals surface area contributed by atoms with Crippen LogP contribution in [0.15, 0.2) is 15.5 Å². The van der Waals surface area contributed by atoms with Crippen molar-refractivity contribution in [2.24, 2.45) is 12.5 Å². The number of rotatable bonds is 5. The van der Waals surface area contributed by atoms with Gasteiger partial charge >= 0.3 is 0 Å². The molecule has 1 aliphatic heterocycles. The van der Waals surface area contributed by atoms with Gasteiger partial charge in [-0.2, -0.15) is 0 Å². The molecule has 1 fully saturated rings. The van der Waals surface area contributed by atoms with E-state index in [-0.39, 0.29) is 46.0 Å². The van der Waals surface area contributed by atoms with Crippen molar-refractivity contribution >= 4 is 29.4 Å². The smallest absolute Gasteiger partial charge is 0.265 e. The van der Waals surface area contributed by atoms with Crippen molar-refractivity contribution in [3.05, 3.63) is 28.0 Å². The zero-order valence-electron chi connectivity index (χ0n) is 15.3. The molecule has 0 aliphatic carbocycles. The van der Waals surface area contributed by atoms with Crippen LogP contribution in [0, 0.1) is 12.3 Å². The lowest BCUT2D eigenvalue weighted by atomic mass is 9.79. The summed E-state index contributed by atoms with van der Waals surface area (Å²) in [5, 5.41) is 6.53. The summed E-state index contributed by atoms with van der Waals surface area (Å²) < 4.78 is 12.2. The van der Waals surface area contributed by atoms with Crippen molar-refractivity contribution in [1.82, 2.24) is 20.2 Å². The number of amides is 1. The molecule has 0 saturated carbocycles. The van der Waals surface area contributed by atoms with Gasteiger partial charge in [0.2, 0.25) is 5.71 Å². The summed E-state index contributed by atoms with van der Waals surface area (Å²) in [4.78, 5) is 29.3. The van der Waals surface area contributed by atoms with E-state index in [1.807, 2.05) is 0 Å². The average molecular weight is 385 g/mol. The molecule has 0 aromatic carbocycles. The number of nitrogens with one attached hydrogen (secondary N) is 2. The Labute approximate surface area is 157 Å². The van der Waals surface area contributed by atoms with E-state index in [1.54, 1.807) is 21.1 Å². The summed E-state index contributed by atoms with van der Waals surface area (Å²) in [7, 11) is 3.27. The molecular weight excluding hydrogens is 360 g/mol. The number of fused-ring (bicyclic) bond motifs is 1. The lowest BCUT2D eigenvalue weighted by Gasteiger charge is -2.37. The Morgan fingerprint density at radius 3 is 2.81 bits per heavy atom. The van der Waals surface area contributed by atoms with Crippen molar-refractivity contribution in [2.45, 2.75) is 19.8 Å². The first-order valence-corrected chi connectivity index (χ1v) is 8.40. The third kappa shape index (κ3) is 3.77. The van der Waals surface area contributed by atoms with Crippen LogP contribution in [0.5, 0.6) is 0 Å². The van der Waals surface area contributed by atoms with Crippen LogP contribution in [0.3, 0.4) is 0 Å². The molecule has 26 heavy (non-hydrogen) atoms. The summed E-state index contributed by atoms with van der Waals surface area (Å²) in [6.45, 7) is 4.55. The van der Waals surface area contributed by atoms with E-state index in [1.165, 1.54) is 10.9 Å². The van der Waals surface area contributed by atoms with E-state index in [2.05, 4.69) is 15.6 Å². The third-order valence-electron chi connectivity index (χ3n) is 4.91. The van der Waals surface area contributed by atoms with E-state index in [9.17, 15) is 9.59 Å². The summed E-state index contributed by atoms with van der Waals surface area (Å²) in [6, 6.07) is 0. The number of piperidine rings is 1. The lowest BCUT2D eigenvalue weighted by Crippen LogP contribution is -2.47. The number of carbonyl (C=O) groups excluding carboxylic acids is 1. The first kappa shape index (κ1) is 20.4. The van der Waals surface area contributed by atoms with Crippen molar-refractivity contribution < 1.29 is 13.9 Å². The number of halogens is 1. The van der Waals surface area contributed by atoms with Gasteiger partial charge in [-0.05, 0) is 32.9 Å². The van der Waals surface area contributed by atoms with Gasteiger partial charge in [0.05, 0.1) is 12.2 Å². The first-order chi connectivity index (χ1) is 12.0. The summed E-state index contributed by atoms with van der Waals surface area (Å²) in [6.07, 6.45) is 3.24. The molecule has 3 heterocycles. The van der Waals surface area contributed by atoms with Crippen molar-refractivity contribution in [3.8, 4) is 0 Å². The maximum absolute atomic E-state index is 12.8. The molecule has 8 nitrogen and oxygen atoms in total. The molecule has 0 unspecified atom stereocenters. The number of aryl methyl sites for hydroxylation is 2. The molecule has 2 aromatic heterocycles. The Balaban J connectivity index is 0.00000243. The van der Waals surface area contributed by atoms with Crippen LogP contribution in [-0.4, -0.2) is 48.8 Å². The highest BCUT2D eigenvalue weighted by atomic mass is 35.5. The molecule has 9 heteroatoms. The summed E-state index contributed by atoms with van der Waals surface area (Å²) in [5.41, 5.74) is 0.0802. The Hall–Kier alpha value is -1.90. The average Bonchev–Trinajstić information content (AvgIpc) is 2.94. The molecular formula is C17H25ClN4O4. The van der Waals surface area contributed by atoms with E-state index in [4.69, 9.17) is 9.15 Å². The van der Waals surface area contributed by atoms with Crippen molar-refractivity contribution in [3.63, 3.8) is 0 Å². The highest BCUT2D eigenvalue weighted by Gasteiger charge is 2.33. The molecule has 1 saturated heterocycles. The molecule has 2 aromatic rings. The molecule has 0 radical (unpaired) electrons. The molecule has 0 spiro atoms. The maximum atomic E-state index is 12.8. The Morgan fingerprint density at radius 1 is 1.46 bits per heavy atom. The van der Waals surface area contributed by atoms with Gasteiger partial charge in [0.25, 0.3) is 11.5 Å². The van der Waals surface area contributed by atoms with Gasteiger partial charge in [-0.3, -0.25) is 9.59 Å². The van der Waals surface area contributed by atoms with Crippen molar-refractivity contribution in [2.75, 3.05) is 33.4 Å². The second kappa shape index (κ2) is 8.20. The van der Waals surface area contributed by atoms with Gasteiger partial charge in [0.15, 0.2) is 0 Å². The van der Waals surface area contributed by atoms with Crippen LogP contribution in [-0.2, 0) is 11.8 Å². The van der Waals surface area contributed by atoms with Gasteiger partial charge < -0.3 is 24.4 Å². The number of carbonyl (C=O) groups is 1. The fraction of sp³-hybridized carbons (Fsp3) is 0.588. The highest BCUT2D eigenvalue weighted by Crippen LogP contribution is 2.29. The van der Waals surface area contributed by atoms with Crippen LogP contribution in [0.1, 0.15) is 29.0 Å². The minimum absolute atomic E-state index is 0. The zero-order valence-corrected chi connectivity index (χ0v) is 16.1. The molecule has 1 aliphatic rings. The van der Waals surface area contributed by atoms with E-state index in [0.717, 1.165) is 25.9 Å². The summed E-state index contributed by atoms with van der Waals surface area (Å²) in [5.74, 6) is 0.0877. The van der Waals surface area contributed by atoms with Gasteiger partial charge in [-0.1, -0.05) is 0 Å². The topological polar surface area (TPSA) is 98.4 Å². The monoisotopic (exact) mass is 384 g/mol. The second-order valence-corrected chi connectivity index (χ2v) is 6.74. The number of hydrogen-bond acceptors (Lipinski definition) is 6.